The van der Waals surface area contributed by atoms with Gasteiger partial charge in [0.15, 0.2) is 0 Å². The standard InChI is InChI=1S/C20H21F4N3O3S/c1-14(19(28)25-17-8-4-2-6-15(17)20(22,23)24)26-10-12-27(13-11-26)31(29,30)18-9-5-3-7-16(18)21/h2-9,14H,10-13H2,1H3,(H,25,28). The molecule has 0 saturated carbocycles. The molecule has 1 atom stereocenters. The zero-order chi connectivity index (χ0) is 22.8. The van der Waals surface area contributed by atoms with Gasteiger partial charge < -0.3 is 5.32 Å². The minimum Gasteiger partial charge on any atom is -0.324 e. The normalized spacial score (nSPS) is 17.3. The number of nitrogens with zero attached hydrogens (tertiary/aromatic N) is 2. The van der Waals surface area contributed by atoms with Crippen molar-refractivity contribution in [1.29, 1.82) is 0 Å². The molecule has 1 unspecified atom stereocenters. The van der Waals surface area contributed by atoms with E-state index in [0.29, 0.717) is 0 Å². The average Bonchev–Trinajstić information content (AvgIpc) is 2.73. The summed E-state index contributed by atoms with van der Waals surface area (Å²) in [5, 5.41) is 2.31. The van der Waals surface area contributed by atoms with Crippen LogP contribution in [0.5, 0.6) is 0 Å². The van der Waals surface area contributed by atoms with Crippen LogP contribution in [0.1, 0.15) is 12.5 Å². The number of rotatable bonds is 5. The van der Waals surface area contributed by atoms with Gasteiger partial charge in [0.05, 0.1) is 17.3 Å². The van der Waals surface area contributed by atoms with E-state index < -0.39 is 44.4 Å². The number of nitrogens with one attached hydrogen (secondary N) is 1. The molecule has 0 aromatic heterocycles. The summed E-state index contributed by atoms with van der Waals surface area (Å²) in [6, 6.07) is 8.96. The van der Waals surface area contributed by atoms with E-state index in [2.05, 4.69) is 5.32 Å². The number of sulfonamides is 1. The lowest BCUT2D eigenvalue weighted by Gasteiger charge is -2.36. The van der Waals surface area contributed by atoms with Gasteiger partial charge in [-0.25, -0.2) is 12.8 Å². The maximum Gasteiger partial charge on any atom is 0.418 e. The third-order valence-electron chi connectivity index (χ3n) is 5.15. The van der Waals surface area contributed by atoms with Crippen LogP contribution in [0.4, 0.5) is 23.2 Å². The number of para-hydroxylation sites is 1. The van der Waals surface area contributed by atoms with Crippen molar-refractivity contribution in [1.82, 2.24) is 9.21 Å². The minimum atomic E-state index is -4.61. The van der Waals surface area contributed by atoms with Crippen molar-refractivity contribution in [3.8, 4) is 0 Å². The van der Waals surface area contributed by atoms with Crippen molar-refractivity contribution >= 4 is 21.6 Å². The molecule has 3 rings (SSSR count). The molecule has 0 radical (unpaired) electrons. The fourth-order valence-electron chi connectivity index (χ4n) is 3.37. The zero-order valence-corrected chi connectivity index (χ0v) is 17.4. The lowest BCUT2D eigenvalue weighted by atomic mass is 10.1. The van der Waals surface area contributed by atoms with Crippen molar-refractivity contribution < 1.29 is 30.8 Å². The number of hydrogen-bond donors (Lipinski definition) is 1. The van der Waals surface area contributed by atoms with Crippen LogP contribution in [0.25, 0.3) is 0 Å². The Kier molecular flexibility index (Phi) is 6.68. The first-order valence-electron chi connectivity index (χ1n) is 9.47. The first kappa shape index (κ1) is 23.2. The molecule has 1 amide bonds. The van der Waals surface area contributed by atoms with Crippen molar-refractivity contribution in [3.05, 3.63) is 59.9 Å². The lowest BCUT2D eigenvalue weighted by molar-refractivity contribution is -0.137. The Balaban J connectivity index is 1.65. The molecule has 0 bridgehead atoms. The van der Waals surface area contributed by atoms with Crippen LogP contribution < -0.4 is 5.32 Å². The zero-order valence-electron chi connectivity index (χ0n) is 16.6. The molecule has 6 nitrogen and oxygen atoms in total. The Morgan fingerprint density at radius 3 is 2.19 bits per heavy atom. The molecule has 2 aromatic carbocycles. The number of amides is 1. The van der Waals surface area contributed by atoms with Gasteiger partial charge in [0.1, 0.15) is 10.7 Å². The van der Waals surface area contributed by atoms with Gasteiger partial charge >= 0.3 is 6.18 Å². The summed E-state index contributed by atoms with van der Waals surface area (Å²) in [7, 11) is -4.03. The SMILES string of the molecule is CC(C(=O)Nc1ccccc1C(F)(F)F)N1CCN(S(=O)(=O)c2ccccc2F)CC1. The largest absolute Gasteiger partial charge is 0.418 e. The van der Waals surface area contributed by atoms with E-state index in [-0.39, 0.29) is 31.9 Å². The van der Waals surface area contributed by atoms with Crippen LogP contribution in [0.2, 0.25) is 0 Å². The monoisotopic (exact) mass is 459 g/mol. The van der Waals surface area contributed by atoms with Crippen LogP contribution in [0.3, 0.4) is 0 Å². The molecule has 1 aliphatic heterocycles. The molecule has 2 aromatic rings. The number of piperazine rings is 1. The second-order valence-corrected chi connectivity index (χ2v) is 8.99. The predicted octanol–water partition coefficient (Wildman–Crippen LogP) is 3.18. The van der Waals surface area contributed by atoms with Crippen LogP contribution >= 0.6 is 0 Å². The Hall–Kier alpha value is -2.50. The van der Waals surface area contributed by atoms with Gasteiger partial charge in [-0.3, -0.25) is 9.69 Å². The molecule has 168 valence electrons. The first-order chi connectivity index (χ1) is 14.5. The van der Waals surface area contributed by atoms with Crippen LogP contribution in [-0.4, -0.2) is 55.8 Å². The maximum atomic E-state index is 13.9. The van der Waals surface area contributed by atoms with Gasteiger partial charge in [0.2, 0.25) is 15.9 Å². The van der Waals surface area contributed by atoms with Crippen molar-refractivity contribution in [2.24, 2.45) is 0 Å². The van der Waals surface area contributed by atoms with Gasteiger partial charge in [-0.2, -0.15) is 17.5 Å². The molecule has 1 saturated heterocycles. The summed E-state index contributed by atoms with van der Waals surface area (Å²) in [6.07, 6.45) is -4.61. The molecule has 1 N–H and O–H groups in total. The van der Waals surface area contributed by atoms with E-state index >= 15 is 0 Å². The van der Waals surface area contributed by atoms with E-state index in [9.17, 15) is 30.8 Å². The third-order valence-corrected chi connectivity index (χ3v) is 7.08. The van der Waals surface area contributed by atoms with Crippen LogP contribution in [-0.2, 0) is 21.0 Å². The highest BCUT2D eigenvalue weighted by atomic mass is 32.2. The van der Waals surface area contributed by atoms with Gasteiger partial charge in [-0.05, 0) is 31.2 Å². The summed E-state index contributed by atoms with van der Waals surface area (Å²) < 4.78 is 79.8. The predicted molar refractivity (Wildman–Crippen MR) is 106 cm³/mol. The van der Waals surface area contributed by atoms with Gasteiger partial charge in [0.25, 0.3) is 0 Å². The molecule has 1 fully saturated rings. The number of alkyl halides is 3. The highest BCUT2D eigenvalue weighted by Gasteiger charge is 2.35. The smallest absolute Gasteiger partial charge is 0.324 e. The van der Waals surface area contributed by atoms with Gasteiger partial charge in [-0.15, -0.1) is 0 Å². The molecule has 11 heteroatoms. The first-order valence-corrected chi connectivity index (χ1v) is 10.9. The highest BCUT2D eigenvalue weighted by Crippen LogP contribution is 2.34. The molecule has 1 aliphatic rings. The molecule has 0 spiro atoms. The number of benzene rings is 2. The number of carbonyl (C=O) groups excluding carboxylic acids is 1. The Labute approximate surface area is 177 Å². The molecule has 0 aliphatic carbocycles. The van der Waals surface area contributed by atoms with E-state index in [1.54, 1.807) is 4.90 Å². The summed E-state index contributed by atoms with van der Waals surface area (Å²) in [4.78, 5) is 13.8. The number of carbonyl (C=O) groups is 1. The number of halogens is 4. The van der Waals surface area contributed by atoms with E-state index in [0.717, 1.165) is 16.4 Å². The van der Waals surface area contributed by atoms with Crippen molar-refractivity contribution in [3.63, 3.8) is 0 Å². The molecular formula is C20H21F4N3O3S. The third kappa shape index (κ3) is 5.05. The average molecular weight is 459 g/mol. The summed E-state index contributed by atoms with van der Waals surface area (Å²) in [6.45, 7) is 1.92. The van der Waals surface area contributed by atoms with Gasteiger partial charge in [-0.1, -0.05) is 24.3 Å². The molecular weight excluding hydrogens is 438 g/mol. The second-order valence-electron chi connectivity index (χ2n) is 7.08. The fraction of sp³-hybridized carbons (Fsp3) is 0.350. The van der Waals surface area contributed by atoms with Crippen molar-refractivity contribution in [2.45, 2.75) is 24.0 Å². The maximum absolute atomic E-state index is 13.9. The Morgan fingerprint density at radius 1 is 1.00 bits per heavy atom. The van der Waals surface area contributed by atoms with Crippen LogP contribution in [0, 0.1) is 5.82 Å². The van der Waals surface area contributed by atoms with Crippen LogP contribution in [0.15, 0.2) is 53.4 Å². The summed E-state index contributed by atoms with van der Waals surface area (Å²) in [5.41, 5.74) is -1.29. The number of hydrogen-bond acceptors (Lipinski definition) is 4. The van der Waals surface area contributed by atoms with Crippen molar-refractivity contribution in [2.75, 3.05) is 31.5 Å². The lowest BCUT2D eigenvalue weighted by Crippen LogP contribution is -2.54. The topological polar surface area (TPSA) is 69.7 Å². The van der Waals surface area contributed by atoms with E-state index in [1.807, 2.05) is 0 Å². The van der Waals surface area contributed by atoms with E-state index in [1.165, 1.54) is 43.3 Å². The molecule has 31 heavy (non-hydrogen) atoms. The Morgan fingerprint density at radius 2 is 1.58 bits per heavy atom. The molecule has 1 heterocycles. The van der Waals surface area contributed by atoms with E-state index in [4.69, 9.17) is 0 Å². The summed E-state index contributed by atoms with van der Waals surface area (Å²) >= 11 is 0. The fourth-order valence-corrected chi connectivity index (χ4v) is 4.85. The quantitative estimate of drug-likeness (QED) is 0.698. The Bertz CT molecular complexity index is 1050. The second kappa shape index (κ2) is 8.93. The minimum absolute atomic E-state index is 0.0213. The van der Waals surface area contributed by atoms with Gasteiger partial charge in [0, 0.05) is 26.2 Å². The highest BCUT2D eigenvalue weighted by molar-refractivity contribution is 7.89. The number of anilines is 1. The summed E-state index contributed by atoms with van der Waals surface area (Å²) in [5.74, 6) is -1.48.